The van der Waals surface area contributed by atoms with Gasteiger partial charge in [-0.25, -0.2) is 0 Å². The number of nitrogens with zero attached hydrogens (tertiary/aromatic N) is 4. The summed E-state index contributed by atoms with van der Waals surface area (Å²) in [5.74, 6) is 0.382. The summed E-state index contributed by atoms with van der Waals surface area (Å²) in [4.78, 5) is 19.3. The summed E-state index contributed by atoms with van der Waals surface area (Å²) in [5, 5.41) is 8.57. The molecule has 7 nitrogen and oxygen atoms in total. The maximum absolute atomic E-state index is 12.9. The van der Waals surface area contributed by atoms with Gasteiger partial charge in [-0.2, -0.15) is 5.10 Å². The largest absolute Gasteiger partial charge is 0.378 e. The molecule has 156 valence electrons. The number of ether oxygens (including phenoxy) is 1. The van der Waals surface area contributed by atoms with Gasteiger partial charge in [0.1, 0.15) is 0 Å². The Morgan fingerprint density at radius 1 is 1.00 bits per heavy atom. The van der Waals surface area contributed by atoms with Gasteiger partial charge in [-0.15, -0.1) is 0 Å². The van der Waals surface area contributed by atoms with Crippen molar-refractivity contribution in [3.63, 3.8) is 0 Å². The number of fused-ring (bicyclic) bond motifs is 1. The van der Waals surface area contributed by atoms with Crippen LogP contribution in [-0.2, 0) is 11.3 Å². The van der Waals surface area contributed by atoms with E-state index in [0.29, 0.717) is 17.9 Å². The Bertz CT molecular complexity index is 1180. The number of para-hydroxylation sites is 1. The van der Waals surface area contributed by atoms with Crippen LogP contribution >= 0.6 is 0 Å². The van der Waals surface area contributed by atoms with E-state index in [1.54, 1.807) is 6.20 Å². The van der Waals surface area contributed by atoms with Gasteiger partial charge in [0.05, 0.1) is 25.3 Å². The van der Waals surface area contributed by atoms with E-state index >= 15 is 0 Å². The minimum absolute atomic E-state index is 0.176. The number of anilines is 2. The van der Waals surface area contributed by atoms with Gasteiger partial charge in [-0.1, -0.05) is 18.2 Å². The predicted octanol–water partition coefficient (Wildman–Crippen LogP) is 3.57. The van der Waals surface area contributed by atoms with E-state index in [1.165, 1.54) is 0 Å². The van der Waals surface area contributed by atoms with E-state index in [2.05, 4.69) is 20.3 Å². The molecule has 4 aromatic rings. The molecule has 0 atom stereocenters. The number of carbonyl (C=O) groups is 1. The van der Waals surface area contributed by atoms with Crippen molar-refractivity contribution >= 4 is 28.3 Å². The Labute approximate surface area is 180 Å². The van der Waals surface area contributed by atoms with Gasteiger partial charge in [0, 0.05) is 42.1 Å². The number of pyridine rings is 1. The third kappa shape index (κ3) is 4.13. The van der Waals surface area contributed by atoms with Crippen LogP contribution in [0.4, 0.5) is 11.5 Å². The Hall–Kier alpha value is -3.71. The fraction of sp³-hybridized carbons (Fsp3) is 0.208. The maximum Gasteiger partial charge on any atom is 0.256 e. The van der Waals surface area contributed by atoms with Crippen LogP contribution in [0.2, 0.25) is 0 Å². The molecule has 0 saturated carbocycles. The lowest BCUT2D eigenvalue weighted by Gasteiger charge is -2.28. The molecule has 0 unspecified atom stereocenters. The van der Waals surface area contributed by atoms with Gasteiger partial charge in [0.25, 0.3) is 5.91 Å². The molecule has 2 aromatic carbocycles. The first-order chi connectivity index (χ1) is 15.3. The standard InChI is InChI=1S/C24H23N5O2/c30-24(19-7-9-20(10-8-19)28-12-14-31-15-13-28)26-23-21-5-1-2-6-22(21)29(27-23)17-18-4-3-11-25-16-18/h1-11,16H,12-15,17H2,(H,26,27,30). The summed E-state index contributed by atoms with van der Waals surface area (Å²) in [7, 11) is 0. The fourth-order valence-electron chi connectivity index (χ4n) is 3.83. The van der Waals surface area contributed by atoms with E-state index in [1.807, 2.05) is 71.5 Å². The second kappa shape index (κ2) is 8.57. The molecule has 1 fully saturated rings. The molecular formula is C24H23N5O2. The Morgan fingerprint density at radius 2 is 1.81 bits per heavy atom. The minimum Gasteiger partial charge on any atom is -0.378 e. The number of rotatable bonds is 5. The van der Waals surface area contributed by atoms with Gasteiger partial charge >= 0.3 is 0 Å². The van der Waals surface area contributed by atoms with Crippen molar-refractivity contribution in [3.05, 3.63) is 84.2 Å². The highest BCUT2D eigenvalue weighted by atomic mass is 16.5. The van der Waals surface area contributed by atoms with E-state index in [4.69, 9.17) is 4.74 Å². The number of amides is 1. The highest BCUT2D eigenvalue weighted by Crippen LogP contribution is 2.24. The van der Waals surface area contributed by atoms with Crippen molar-refractivity contribution in [3.8, 4) is 0 Å². The van der Waals surface area contributed by atoms with Gasteiger partial charge in [0.2, 0.25) is 0 Å². The summed E-state index contributed by atoms with van der Waals surface area (Å²) in [6, 6.07) is 19.5. The molecule has 7 heteroatoms. The maximum atomic E-state index is 12.9. The van der Waals surface area contributed by atoms with E-state index in [0.717, 1.165) is 48.5 Å². The monoisotopic (exact) mass is 413 g/mol. The molecule has 3 heterocycles. The number of hydrogen-bond acceptors (Lipinski definition) is 5. The van der Waals surface area contributed by atoms with Gasteiger partial charge in [-0.3, -0.25) is 14.5 Å². The molecule has 0 radical (unpaired) electrons. The Morgan fingerprint density at radius 3 is 2.58 bits per heavy atom. The van der Waals surface area contributed by atoms with E-state index < -0.39 is 0 Å². The first-order valence-corrected chi connectivity index (χ1v) is 10.4. The van der Waals surface area contributed by atoms with Crippen LogP contribution in [0, 0.1) is 0 Å². The van der Waals surface area contributed by atoms with Crippen molar-refractivity contribution in [2.45, 2.75) is 6.54 Å². The molecule has 5 rings (SSSR count). The van der Waals surface area contributed by atoms with Crippen LogP contribution in [0.5, 0.6) is 0 Å². The second-order valence-electron chi connectivity index (χ2n) is 7.49. The lowest BCUT2D eigenvalue weighted by atomic mass is 10.1. The summed E-state index contributed by atoms with van der Waals surface area (Å²) < 4.78 is 7.30. The molecule has 2 aromatic heterocycles. The van der Waals surface area contributed by atoms with Crippen LogP contribution in [0.3, 0.4) is 0 Å². The van der Waals surface area contributed by atoms with Crippen LogP contribution in [0.1, 0.15) is 15.9 Å². The summed E-state index contributed by atoms with van der Waals surface area (Å²) in [6.07, 6.45) is 3.57. The molecule has 1 N–H and O–H groups in total. The molecule has 1 amide bonds. The third-order valence-electron chi connectivity index (χ3n) is 5.45. The highest BCUT2D eigenvalue weighted by Gasteiger charge is 2.16. The third-order valence-corrected chi connectivity index (χ3v) is 5.45. The molecule has 0 spiro atoms. The van der Waals surface area contributed by atoms with Crippen LogP contribution < -0.4 is 10.2 Å². The first-order valence-electron chi connectivity index (χ1n) is 10.4. The minimum atomic E-state index is -0.176. The number of benzene rings is 2. The average Bonchev–Trinajstić information content (AvgIpc) is 3.17. The van der Waals surface area contributed by atoms with Crippen LogP contribution in [-0.4, -0.2) is 47.0 Å². The van der Waals surface area contributed by atoms with Gasteiger partial charge < -0.3 is 15.0 Å². The zero-order valence-electron chi connectivity index (χ0n) is 17.1. The van der Waals surface area contributed by atoms with Gasteiger partial charge in [0.15, 0.2) is 5.82 Å². The smallest absolute Gasteiger partial charge is 0.256 e. The molecule has 31 heavy (non-hydrogen) atoms. The van der Waals surface area contributed by atoms with Crippen LogP contribution in [0.25, 0.3) is 10.9 Å². The molecular weight excluding hydrogens is 390 g/mol. The Kier molecular flexibility index (Phi) is 5.33. The average molecular weight is 413 g/mol. The number of carbonyl (C=O) groups excluding carboxylic acids is 1. The predicted molar refractivity (Wildman–Crippen MR) is 120 cm³/mol. The Balaban J connectivity index is 1.37. The zero-order valence-corrected chi connectivity index (χ0v) is 17.1. The zero-order chi connectivity index (χ0) is 21.0. The topological polar surface area (TPSA) is 72.3 Å². The number of nitrogens with one attached hydrogen (secondary N) is 1. The molecule has 1 saturated heterocycles. The van der Waals surface area contributed by atoms with E-state index in [-0.39, 0.29) is 5.91 Å². The quantitative estimate of drug-likeness (QED) is 0.542. The summed E-state index contributed by atoms with van der Waals surface area (Å²) in [6.45, 7) is 3.78. The van der Waals surface area contributed by atoms with Gasteiger partial charge in [-0.05, 0) is 48.0 Å². The number of morpholine rings is 1. The number of hydrogen-bond donors (Lipinski definition) is 1. The lowest BCUT2D eigenvalue weighted by Crippen LogP contribution is -2.36. The molecule has 0 bridgehead atoms. The molecule has 0 aliphatic carbocycles. The SMILES string of the molecule is O=C(Nc1nn(Cc2cccnc2)c2ccccc12)c1ccc(N2CCOCC2)cc1. The normalized spacial score (nSPS) is 14.0. The van der Waals surface area contributed by atoms with Crippen LogP contribution in [0.15, 0.2) is 73.1 Å². The van der Waals surface area contributed by atoms with Crippen molar-refractivity contribution in [2.24, 2.45) is 0 Å². The van der Waals surface area contributed by atoms with Crippen molar-refractivity contribution < 1.29 is 9.53 Å². The fourth-order valence-corrected chi connectivity index (χ4v) is 3.83. The van der Waals surface area contributed by atoms with E-state index in [9.17, 15) is 4.79 Å². The second-order valence-corrected chi connectivity index (χ2v) is 7.49. The first kappa shape index (κ1) is 19.3. The molecule has 1 aliphatic rings. The van der Waals surface area contributed by atoms with Crippen molar-refractivity contribution in [2.75, 3.05) is 36.5 Å². The highest BCUT2D eigenvalue weighted by molar-refractivity contribution is 6.08. The molecule has 1 aliphatic heterocycles. The lowest BCUT2D eigenvalue weighted by molar-refractivity contribution is 0.102. The summed E-state index contributed by atoms with van der Waals surface area (Å²) >= 11 is 0. The summed E-state index contributed by atoms with van der Waals surface area (Å²) in [5.41, 5.74) is 3.71. The van der Waals surface area contributed by atoms with Crippen molar-refractivity contribution in [1.29, 1.82) is 0 Å². The number of aromatic nitrogens is 3. The van der Waals surface area contributed by atoms with Crippen molar-refractivity contribution in [1.82, 2.24) is 14.8 Å².